The molecule has 5 nitrogen and oxygen atoms in total. The van der Waals surface area contributed by atoms with E-state index in [1.54, 1.807) is 13.1 Å². The zero-order chi connectivity index (χ0) is 15.0. The Bertz CT molecular complexity index is 846. The third kappa shape index (κ3) is 2.43. The normalized spacial score (nSPS) is 10.8. The summed E-state index contributed by atoms with van der Waals surface area (Å²) in [5, 5.41) is 4.66. The molecule has 0 radical (unpaired) electrons. The number of hydrogen-bond donors (Lipinski definition) is 2. The lowest BCUT2D eigenvalue weighted by Crippen LogP contribution is -2.17. The first kappa shape index (κ1) is 13.8. The summed E-state index contributed by atoms with van der Waals surface area (Å²) in [6, 6.07) is 7.31. The Balaban J connectivity index is 2.19. The lowest BCUT2D eigenvalue weighted by atomic mass is 10.0. The largest absolute Gasteiger partial charge is 0.382 e. The fourth-order valence-electron chi connectivity index (χ4n) is 2.09. The first-order valence-corrected chi connectivity index (χ1v) is 7.38. The van der Waals surface area contributed by atoms with Crippen LogP contribution in [0, 0.1) is 0 Å². The second-order valence-corrected chi connectivity index (χ2v) is 5.58. The highest BCUT2D eigenvalue weighted by Gasteiger charge is 2.13. The minimum Gasteiger partial charge on any atom is -0.382 e. The van der Waals surface area contributed by atoms with Gasteiger partial charge in [-0.2, -0.15) is 4.98 Å². The van der Waals surface area contributed by atoms with Crippen LogP contribution in [0.4, 0.5) is 5.82 Å². The van der Waals surface area contributed by atoms with Crippen molar-refractivity contribution >= 4 is 44.9 Å². The number of nitrogen functional groups attached to an aromatic ring is 1. The maximum atomic E-state index is 11.7. The maximum absolute atomic E-state index is 11.7. The molecule has 0 aliphatic rings. The van der Waals surface area contributed by atoms with Gasteiger partial charge in [0, 0.05) is 23.6 Å². The van der Waals surface area contributed by atoms with Crippen molar-refractivity contribution in [3.8, 4) is 11.1 Å². The number of anilines is 1. The quantitative estimate of drug-likeness (QED) is 0.712. The molecule has 0 aliphatic carbocycles. The minimum atomic E-state index is -0.136. The highest BCUT2D eigenvalue weighted by Crippen LogP contribution is 2.35. The molecule has 3 N–H and O–H groups in total. The smallest absolute Gasteiger partial charge is 0.251 e. The Labute approximate surface area is 129 Å². The second kappa shape index (κ2) is 5.31. The van der Waals surface area contributed by atoms with Gasteiger partial charge in [0.25, 0.3) is 5.91 Å². The standard InChI is InChI=1S/C14H11ClN4OS/c1-17-13(20)8-4-2-3-7(5-8)9-6-21-11-10(9)18-14(15)19-12(11)16/h2-6H,1H3,(H,17,20)(H2,16,18,19). The van der Waals surface area contributed by atoms with Crippen molar-refractivity contribution in [3.05, 3.63) is 40.5 Å². The fourth-order valence-corrected chi connectivity index (χ4v) is 3.18. The Morgan fingerprint density at radius 1 is 1.38 bits per heavy atom. The molecule has 7 heteroatoms. The molecular weight excluding hydrogens is 308 g/mol. The average Bonchev–Trinajstić information content (AvgIpc) is 2.90. The summed E-state index contributed by atoms with van der Waals surface area (Å²) >= 11 is 7.34. The zero-order valence-corrected chi connectivity index (χ0v) is 12.6. The van der Waals surface area contributed by atoms with Gasteiger partial charge in [-0.25, -0.2) is 4.98 Å². The van der Waals surface area contributed by atoms with Crippen molar-refractivity contribution in [2.75, 3.05) is 12.8 Å². The predicted octanol–water partition coefficient (Wildman–Crippen LogP) is 2.95. The highest BCUT2D eigenvalue weighted by molar-refractivity contribution is 7.18. The lowest BCUT2D eigenvalue weighted by molar-refractivity contribution is 0.0963. The summed E-state index contributed by atoms with van der Waals surface area (Å²) < 4.78 is 0.791. The summed E-state index contributed by atoms with van der Waals surface area (Å²) in [5.41, 5.74) is 8.92. The number of halogens is 1. The molecule has 0 saturated carbocycles. The number of thiophene rings is 1. The number of fused-ring (bicyclic) bond motifs is 1. The lowest BCUT2D eigenvalue weighted by Gasteiger charge is -2.04. The highest BCUT2D eigenvalue weighted by atomic mass is 35.5. The Morgan fingerprint density at radius 3 is 2.95 bits per heavy atom. The molecule has 3 aromatic rings. The van der Waals surface area contributed by atoms with E-state index in [1.165, 1.54) is 11.3 Å². The summed E-state index contributed by atoms with van der Waals surface area (Å²) in [7, 11) is 1.60. The van der Waals surface area contributed by atoms with Crippen molar-refractivity contribution in [3.63, 3.8) is 0 Å². The molecule has 0 spiro atoms. The zero-order valence-electron chi connectivity index (χ0n) is 11.1. The van der Waals surface area contributed by atoms with E-state index in [-0.39, 0.29) is 11.2 Å². The topological polar surface area (TPSA) is 80.9 Å². The molecule has 0 atom stereocenters. The van der Waals surface area contributed by atoms with Gasteiger partial charge in [0.2, 0.25) is 5.28 Å². The molecule has 0 unspecified atom stereocenters. The van der Waals surface area contributed by atoms with E-state index in [0.717, 1.165) is 15.8 Å². The first-order valence-electron chi connectivity index (χ1n) is 6.13. The SMILES string of the molecule is CNC(=O)c1cccc(-c2csc3c(N)nc(Cl)nc23)c1. The van der Waals surface area contributed by atoms with E-state index in [4.69, 9.17) is 17.3 Å². The number of carbonyl (C=O) groups excluding carboxylic acids is 1. The Hall–Kier alpha value is -2.18. The molecule has 2 aromatic heterocycles. The number of nitrogens with two attached hydrogens (primary N) is 1. The molecule has 0 fully saturated rings. The number of nitrogens with zero attached hydrogens (tertiary/aromatic N) is 2. The van der Waals surface area contributed by atoms with Crippen molar-refractivity contribution in [1.29, 1.82) is 0 Å². The molecule has 2 heterocycles. The van der Waals surface area contributed by atoms with Gasteiger partial charge >= 0.3 is 0 Å². The van der Waals surface area contributed by atoms with Crippen LogP contribution < -0.4 is 11.1 Å². The molecule has 3 rings (SSSR count). The van der Waals surface area contributed by atoms with Gasteiger partial charge in [0.1, 0.15) is 5.82 Å². The minimum absolute atomic E-state index is 0.113. The number of carbonyl (C=O) groups is 1. The van der Waals surface area contributed by atoms with Crippen molar-refractivity contribution < 1.29 is 4.79 Å². The molecular formula is C14H11ClN4OS. The summed E-state index contributed by atoms with van der Waals surface area (Å²) in [6.07, 6.45) is 0. The van der Waals surface area contributed by atoms with E-state index in [9.17, 15) is 4.79 Å². The van der Waals surface area contributed by atoms with Gasteiger partial charge in [0.05, 0.1) is 10.2 Å². The monoisotopic (exact) mass is 318 g/mol. The molecule has 1 aromatic carbocycles. The number of rotatable bonds is 2. The van der Waals surface area contributed by atoms with Gasteiger partial charge in [-0.05, 0) is 29.3 Å². The second-order valence-electron chi connectivity index (χ2n) is 4.36. The molecule has 0 aliphatic heterocycles. The van der Waals surface area contributed by atoms with Crippen LogP contribution in [-0.4, -0.2) is 22.9 Å². The van der Waals surface area contributed by atoms with Crippen LogP contribution in [0.5, 0.6) is 0 Å². The first-order chi connectivity index (χ1) is 10.1. The number of benzene rings is 1. The summed E-state index contributed by atoms with van der Waals surface area (Å²) in [5.74, 6) is 0.229. The van der Waals surface area contributed by atoms with Crippen LogP contribution in [-0.2, 0) is 0 Å². The van der Waals surface area contributed by atoms with Gasteiger partial charge in [0.15, 0.2) is 0 Å². The van der Waals surface area contributed by atoms with Gasteiger partial charge in [-0.1, -0.05) is 12.1 Å². The fraction of sp³-hybridized carbons (Fsp3) is 0.0714. The molecule has 0 saturated heterocycles. The van der Waals surface area contributed by atoms with Gasteiger partial charge in [-0.3, -0.25) is 4.79 Å². The van der Waals surface area contributed by atoms with E-state index < -0.39 is 0 Å². The third-order valence-electron chi connectivity index (χ3n) is 3.08. The van der Waals surface area contributed by atoms with Crippen LogP contribution in [0.3, 0.4) is 0 Å². The number of amides is 1. The predicted molar refractivity (Wildman–Crippen MR) is 85.7 cm³/mol. The van der Waals surface area contributed by atoms with E-state index in [0.29, 0.717) is 16.9 Å². The van der Waals surface area contributed by atoms with Crippen molar-refractivity contribution in [2.24, 2.45) is 0 Å². The Kier molecular flexibility index (Phi) is 3.48. The molecule has 1 amide bonds. The summed E-state index contributed by atoms with van der Waals surface area (Å²) in [4.78, 5) is 19.9. The van der Waals surface area contributed by atoms with Crippen LogP contribution in [0.15, 0.2) is 29.6 Å². The van der Waals surface area contributed by atoms with Gasteiger partial charge < -0.3 is 11.1 Å². The molecule has 0 bridgehead atoms. The average molecular weight is 319 g/mol. The van der Waals surface area contributed by atoms with E-state index in [1.807, 2.05) is 23.6 Å². The van der Waals surface area contributed by atoms with Crippen LogP contribution in [0.25, 0.3) is 21.3 Å². The Morgan fingerprint density at radius 2 is 2.19 bits per heavy atom. The maximum Gasteiger partial charge on any atom is 0.251 e. The number of nitrogens with one attached hydrogen (secondary N) is 1. The van der Waals surface area contributed by atoms with Crippen LogP contribution in [0.2, 0.25) is 5.28 Å². The van der Waals surface area contributed by atoms with E-state index in [2.05, 4.69) is 15.3 Å². The summed E-state index contributed by atoms with van der Waals surface area (Å²) in [6.45, 7) is 0. The number of aromatic nitrogens is 2. The van der Waals surface area contributed by atoms with Crippen molar-refractivity contribution in [1.82, 2.24) is 15.3 Å². The molecule has 106 valence electrons. The van der Waals surface area contributed by atoms with Crippen LogP contribution >= 0.6 is 22.9 Å². The number of hydrogen-bond acceptors (Lipinski definition) is 5. The van der Waals surface area contributed by atoms with Crippen molar-refractivity contribution in [2.45, 2.75) is 0 Å². The van der Waals surface area contributed by atoms with Crippen LogP contribution in [0.1, 0.15) is 10.4 Å². The third-order valence-corrected chi connectivity index (χ3v) is 4.24. The van der Waals surface area contributed by atoms with E-state index >= 15 is 0 Å². The molecule has 21 heavy (non-hydrogen) atoms. The van der Waals surface area contributed by atoms with Gasteiger partial charge in [-0.15, -0.1) is 11.3 Å².